The molecule has 5 heteroatoms. The second-order valence-corrected chi connectivity index (χ2v) is 5.85. The molecule has 0 aliphatic carbocycles. The van der Waals surface area contributed by atoms with Gasteiger partial charge in [0.15, 0.2) is 6.10 Å². The number of hydrogen-bond donors (Lipinski definition) is 2. The number of nitrogens with zero attached hydrogens (tertiary/aromatic N) is 1. The Kier molecular flexibility index (Phi) is 5.19. The first-order valence-corrected chi connectivity index (χ1v) is 7.36. The normalized spacial score (nSPS) is 34.2. The summed E-state index contributed by atoms with van der Waals surface area (Å²) >= 11 is 0. The van der Waals surface area contributed by atoms with E-state index in [4.69, 9.17) is 0 Å². The van der Waals surface area contributed by atoms with Gasteiger partial charge in [-0.2, -0.15) is 0 Å². The molecule has 4 atom stereocenters. The minimum atomic E-state index is -0.979. The fourth-order valence-corrected chi connectivity index (χ4v) is 3.53. The van der Waals surface area contributed by atoms with Crippen LogP contribution >= 0.6 is 0 Å². The summed E-state index contributed by atoms with van der Waals surface area (Å²) in [5.74, 6) is 0.120. The van der Waals surface area contributed by atoms with Crippen molar-refractivity contribution in [2.24, 2.45) is 5.92 Å². The molecule has 2 aliphatic rings. The van der Waals surface area contributed by atoms with Crippen molar-refractivity contribution in [1.29, 1.82) is 0 Å². The lowest BCUT2D eigenvalue weighted by atomic mass is 9.92. The number of rotatable bonds is 4. The third-order valence-electron chi connectivity index (χ3n) is 4.56. The largest absolute Gasteiger partial charge is 0.467 e. The van der Waals surface area contributed by atoms with E-state index < -0.39 is 12.1 Å². The van der Waals surface area contributed by atoms with Crippen LogP contribution in [-0.4, -0.2) is 60.9 Å². The molecule has 2 fully saturated rings. The first-order chi connectivity index (χ1) is 9.13. The van der Waals surface area contributed by atoms with Gasteiger partial charge in [-0.15, -0.1) is 0 Å². The van der Waals surface area contributed by atoms with E-state index in [1.165, 1.54) is 7.11 Å². The zero-order chi connectivity index (χ0) is 13.8. The van der Waals surface area contributed by atoms with Crippen LogP contribution in [-0.2, 0) is 9.53 Å². The number of esters is 1. The number of aliphatic hydroxyl groups is 1. The minimum absolute atomic E-state index is 0.319. The summed E-state index contributed by atoms with van der Waals surface area (Å²) in [5.41, 5.74) is 0. The Hall–Kier alpha value is -0.650. The molecule has 0 bridgehead atoms. The van der Waals surface area contributed by atoms with Crippen LogP contribution in [0.25, 0.3) is 0 Å². The molecule has 0 aromatic rings. The van der Waals surface area contributed by atoms with Gasteiger partial charge in [-0.05, 0) is 51.2 Å². The maximum Gasteiger partial charge on any atom is 0.334 e. The maximum absolute atomic E-state index is 11.3. The van der Waals surface area contributed by atoms with Crippen LogP contribution in [0.5, 0.6) is 0 Å². The Morgan fingerprint density at radius 3 is 3.00 bits per heavy atom. The van der Waals surface area contributed by atoms with Crippen molar-refractivity contribution in [1.82, 2.24) is 10.2 Å². The van der Waals surface area contributed by atoms with E-state index in [1.807, 2.05) is 0 Å². The molecule has 0 saturated carbocycles. The molecule has 110 valence electrons. The van der Waals surface area contributed by atoms with E-state index in [1.54, 1.807) is 0 Å². The summed E-state index contributed by atoms with van der Waals surface area (Å²) in [7, 11) is 1.33. The third-order valence-corrected chi connectivity index (χ3v) is 4.56. The highest BCUT2D eigenvalue weighted by Crippen LogP contribution is 2.29. The number of carbonyl (C=O) groups excluding carboxylic acids is 1. The topological polar surface area (TPSA) is 61.8 Å². The molecule has 0 amide bonds. The number of methoxy groups -OCH3 is 1. The summed E-state index contributed by atoms with van der Waals surface area (Å²) in [5, 5.41) is 13.3. The first-order valence-electron chi connectivity index (χ1n) is 7.36. The van der Waals surface area contributed by atoms with E-state index in [9.17, 15) is 9.90 Å². The highest BCUT2D eigenvalue weighted by Gasteiger charge is 2.36. The molecule has 2 aliphatic heterocycles. The van der Waals surface area contributed by atoms with E-state index >= 15 is 0 Å². The van der Waals surface area contributed by atoms with E-state index in [0.29, 0.717) is 24.4 Å². The molecule has 0 spiro atoms. The molecular formula is C14H26N2O3. The van der Waals surface area contributed by atoms with Gasteiger partial charge in [-0.1, -0.05) is 6.92 Å². The van der Waals surface area contributed by atoms with Crippen molar-refractivity contribution in [3.8, 4) is 0 Å². The fourth-order valence-electron chi connectivity index (χ4n) is 3.53. The molecule has 2 rings (SSSR count). The second kappa shape index (κ2) is 6.68. The predicted molar refractivity (Wildman–Crippen MR) is 72.8 cm³/mol. The lowest BCUT2D eigenvalue weighted by Gasteiger charge is -2.40. The number of nitrogens with one attached hydrogen (secondary N) is 1. The van der Waals surface area contributed by atoms with Crippen molar-refractivity contribution in [3.63, 3.8) is 0 Å². The molecule has 0 aromatic heterocycles. The standard InChI is InChI=1S/C14H26N2O3/c1-10-9-15-6-5-12(10)16-7-3-4-11(16)8-13(17)14(18)19-2/h10-13,15,17H,3-9H2,1-2H3. The summed E-state index contributed by atoms with van der Waals surface area (Å²) < 4.78 is 4.61. The van der Waals surface area contributed by atoms with E-state index in [-0.39, 0.29) is 0 Å². The molecule has 2 saturated heterocycles. The van der Waals surface area contributed by atoms with Gasteiger partial charge in [-0.3, -0.25) is 4.90 Å². The zero-order valence-electron chi connectivity index (χ0n) is 12.0. The van der Waals surface area contributed by atoms with Crippen molar-refractivity contribution < 1.29 is 14.6 Å². The number of piperidine rings is 1. The van der Waals surface area contributed by atoms with Crippen LogP contribution in [0.3, 0.4) is 0 Å². The quantitative estimate of drug-likeness (QED) is 0.723. The lowest BCUT2D eigenvalue weighted by Crippen LogP contribution is -2.51. The van der Waals surface area contributed by atoms with Crippen molar-refractivity contribution in [2.75, 3.05) is 26.7 Å². The Balaban J connectivity index is 1.94. The number of aliphatic hydroxyl groups excluding tert-OH is 1. The maximum atomic E-state index is 11.3. The number of ether oxygens (including phenoxy) is 1. The summed E-state index contributed by atoms with van der Waals surface area (Å²) in [4.78, 5) is 13.9. The lowest BCUT2D eigenvalue weighted by molar-refractivity contribution is -0.151. The Morgan fingerprint density at radius 2 is 2.32 bits per heavy atom. The van der Waals surface area contributed by atoms with Crippen LogP contribution in [0.2, 0.25) is 0 Å². The van der Waals surface area contributed by atoms with Gasteiger partial charge in [-0.25, -0.2) is 4.79 Å². The predicted octanol–water partition coefficient (Wildman–Crippen LogP) is 0.373. The van der Waals surface area contributed by atoms with Crippen LogP contribution in [0, 0.1) is 5.92 Å². The molecule has 0 aromatic carbocycles. The second-order valence-electron chi connectivity index (χ2n) is 5.85. The molecule has 2 N–H and O–H groups in total. The highest BCUT2D eigenvalue weighted by atomic mass is 16.5. The third kappa shape index (κ3) is 3.46. The van der Waals surface area contributed by atoms with Crippen molar-refractivity contribution >= 4 is 5.97 Å². The van der Waals surface area contributed by atoms with E-state index in [2.05, 4.69) is 21.9 Å². The number of carbonyl (C=O) groups is 1. The van der Waals surface area contributed by atoms with Gasteiger partial charge in [0, 0.05) is 12.1 Å². The van der Waals surface area contributed by atoms with Crippen LogP contribution in [0.4, 0.5) is 0 Å². The number of likely N-dealkylation sites (tertiary alicyclic amines) is 1. The minimum Gasteiger partial charge on any atom is -0.467 e. The summed E-state index contributed by atoms with van der Waals surface area (Å²) in [6, 6.07) is 0.901. The van der Waals surface area contributed by atoms with Gasteiger partial charge in [0.05, 0.1) is 7.11 Å². The SMILES string of the molecule is COC(=O)C(O)CC1CCCN1C1CCNCC1C. The van der Waals surface area contributed by atoms with Gasteiger partial charge in [0.25, 0.3) is 0 Å². The molecular weight excluding hydrogens is 244 g/mol. The van der Waals surface area contributed by atoms with Gasteiger partial charge in [0.2, 0.25) is 0 Å². The number of hydrogen-bond acceptors (Lipinski definition) is 5. The van der Waals surface area contributed by atoms with E-state index in [0.717, 1.165) is 38.9 Å². The molecule has 4 unspecified atom stereocenters. The molecule has 0 radical (unpaired) electrons. The molecule has 2 heterocycles. The van der Waals surface area contributed by atoms with Crippen molar-refractivity contribution in [2.45, 2.75) is 50.8 Å². The Morgan fingerprint density at radius 1 is 1.53 bits per heavy atom. The zero-order valence-corrected chi connectivity index (χ0v) is 12.0. The molecule has 5 nitrogen and oxygen atoms in total. The Labute approximate surface area is 115 Å². The van der Waals surface area contributed by atoms with Crippen molar-refractivity contribution in [3.05, 3.63) is 0 Å². The van der Waals surface area contributed by atoms with Gasteiger partial charge in [0.1, 0.15) is 0 Å². The monoisotopic (exact) mass is 270 g/mol. The summed E-state index contributed by atoms with van der Waals surface area (Å²) in [6.45, 7) is 5.50. The van der Waals surface area contributed by atoms with Crippen LogP contribution in [0.1, 0.15) is 32.6 Å². The smallest absolute Gasteiger partial charge is 0.334 e. The molecule has 19 heavy (non-hydrogen) atoms. The average molecular weight is 270 g/mol. The highest BCUT2D eigenvalue weighted by molar-refractivity contribution is 5.74. The van der Waals surface area contributed by atoms with Gasteiger partial charge < -0.3 is 15.2 Å². The van der Waals surface area contributed by atoms with Crippen LogP contribution < -0.4 is 5.32 Å². The van der Waals surface area contributed by atoms with Gasteiger partial charge >= 0.3 is 5.97 Å². The first kappa shape index (κ1) is 14.8. The average Bonchev–Trinajstić information content (AvgIpc) is 2.86. The fraction of sp³-hybridized carbons (Fsp3) is 0.929. The van der Waals surface area contributed by atoms with Crippen LogP contribution in [0.15, 0.2) is 0 Å². The summed E-state index contributed by atoms with van der Waals surface area (Å²) in [6.07, 6.45) is 2.92. The Bertz CT molecular complexity index is 311.